The van der Waals surface area contributed by atoms with Gasteiger partial charge in [0.2, 0.25) is 0 Å². The summed E-state index contributed by atoms with van der Waals surface area (Å²) in [5.74, 6) is 2.18. The van der Waals surface area contributed by atoms with Crippen LogP contribution in [0.25, 0.3) is 0 Å². The maximum atomic E-state index is 5.80. The molecule has 0 amide bonds. The Morgan fingerprint density at radius 1 is 1.10 bits per heavy atom. The summed E-state index contributed by atoms with van der Waals surface area (Å²) < 4.78 is 10.8. The predicted octanol–water partition coefficient (Wildman–Crippen LogP) is 3.45. The van der Waals surface area contributed by atoms with E-state index in [0.29, 0.717) is 25.0 Å². The van der Waals surface area contributed by atoms with Crippen molar-refractivity contribution in [2.45, 2.75) is 33.1 Å². The maximum Gasteiger partial charge on any atom is 0.122 e. The smallest absolute Gasteiger partial charge is 0.122 e. The van der Waals surface area contributed by atoms with Crippen molar-refractivity contribution in [1.82, 2.24) is 5.32 Å². The van der Waals surface area contributed by atoms with E-state index in [1.54, 1.807) is 7.11 Å². The number of para-hydroxylation sites is 1. The summed E-state index contributed by atoms with van der Waals surface area (Å²) in [7, 11) is 1.69. The van der Waals surface area contributed by atoms with Crippen LogP contribution in [0.4, 0.5) is 0 Å². The lowest BCUT2D eigenvalue weighted by atomic mass is 9.97. The van der Waals surface area contributed by atoms with Gasteiger partial charge >= 0.3 is 0 Å². The fourth-order valence-corrected chi connectivity index (χ4v) is 2.12. The Labute approximate surface area is 123 Å². The van der Waals surface area contributed by atoms with Gasteiger partial charge in [0, 0.05) is 7.11 Å². The quantitative estimate of drug-likeness (QED) is 0.665. The minimum absolute atomic E-state index is 0.494. The molecule has 0 saturated heterocycles. The first-order chi connectivity index (χ1) is 9.65. The fraction of sp³-hybridized carbons (Fsp3) is 0.647. The molecule has 1 aromatic rings. The highest BCUT2D eigenvalue weighted by molar-refractivity contribution is 5.35. The van der Waals surface area contributed by atoms with Crippen molar-refractivity contribution in [2.75, 3.05) is 33.4 Å². The zero-order valence-corrected chi connectivity index (χ0v) is 13.3. The number of hydrogen-bond donors (Lipinski definition) is 1. The number of benzene rings is 1. The van der Waals surface area contributed by atoms with Crippen molar-refractivity contribution >= 4 is 0 Å². The van der Waals surface area contributed by atoms with Gasteiger partial charge in [-0.25, -0.2) is 0 Å². The van der Waals surface area contributed by atoms with Gasteiger partial charge in [-0.2, -0.15) is 0 Å². The van der Waals surface area contributed by atoms with Gasteiger partial charge < -0.3 is 14.8 Å². The molecule has 0 spiro atoms. The third-order valence-electron chi connectivity index (χ3n) is 3.30. The monoisotopic (exact) mass is 279 g/mol. The molecule has 3 heteroatoms. The van der Waals surface area contributed by atoms with Crippen molar-refractivity contribution in [2.24, 2.45) is 5.92 Å². The molecule has 20 heavy (non-hydrogen) atoms. The van der Waals surface area contributed by atoms with E-state index in [9.17, 15) is 0 Å². The van der Waals surface area contributed by atoms with Crippen LogP contribution in [0, 0.1) is 5.92 Å². The van der Waals surface area contributed by atoms with E-state index in [1.165, 1.54) is 5.56 Å². The Morgan fingerprint density at radius 3 is 2.55 bits per heavy atom. The van der Waals surface area contributed by atoms with Gasteiger partial charge in [-0.05, 0) is 43.0 Å². The molecule has 0 saturated carbocycles. The Hall–Kier alpha value is -1.06. The van der Waals surface area contributed by atoms with Crippen LogP contribution < -0.4 is 10.1 Å². The topological polar surface area (TPSA) is 30.5 Å². The summed E-state index contributed by atoms with van der Waals surface area (Å²) in [5.41, 5.74) is 1.29. The lowest BCUT2D eigenvalue weighted by Crippen LogP contribution is -2.22. The predicted molar refractivity (Wildman–Crippen MR) is 84.6 cm³/mol. The SMILES string of the molecule is COCCOc1ccccc1C(C)CCNCC(C)C. The number of hydrogen-bond acceptors (Lipinski definition) is 3. The Balaban J connectivity index is 2.47. The average Bonchev–Trinajstić information content (AvgIpc) is 2.44. The fourth-order valence-electron chi connectivity index (χ4n) is 2.12. The summed E-state index contributed by atoms with van der Waals surface area (Å²) >= 11 is 0. The van der Waals surface area contributed by atoms with Gasteiger partial charge in [0.1, 0.15) is 12.4 Å². The van der Waals surface area contributed by atoms with Crippen LogP contribution in [-0.4, -0.2) is 33.4 Å². The normalized spacial score (nSPS) is 12.7. The third kappa shape index (κ3) is 6.40. The molecule has 3 nitrogen and oxygen atoms in total. The summed E-state index contributed by atoms with van der Waals surface area (Å²) in [6.45, 7) is 10.1. The van der Waals surface area contributed by atoms with E-state index in [1.807, 2.05) is 12.1 Å². The van der Waals surface area contributed by atoms with Crippen LogP contribution in [0.5, 0.6) is 5.75 Å². The molecule has 0 heterocycles. The van der Waals surface area contributed by atoms with Gasteiger partial charge in [0.05, 0.1) is 6.61 Å². The van der Waals surface area contributed by atoms with Crippen LogP contribution in [-0.2, 0) is 4.74 Å². The van der Waals surface area contributed by atoms with Crippen molar-refractivity contribution in [3.05, 3.63) is 29.8 Å². The van der Waals surface area contributed by atoms with Gasteiger partial charge in [-0.15, -0.1) is 0 Å². The lowest BCUT2D eigenvalue weighted by Gasteiger charge is -2.17. The highest BCUT2D eigenvalue weighted by Gasteiger charge is 2.11. The van der Waals surface area contributed by atoms with Crippen molar-refractivity contribution in [3.63, 3.8) is 0 Å². The third-order valence-corrected chi connectivity index (χ3v) is 3.30. The summed E-state index contributed by atoms with van der Waals surface area (Å²) in [6.07, 6.45) is 1.12. The molecular formula is C17H29NO2. The zero-order valence-electron chi connectivity index (χ0n) is 13.3. The van der Waals surface area contributed by atoms with Crippen LogP contribution in [0.1, 0.15) is 38.7 Å². The first-order valence-corrected chi connectivity index (χ1v) is 7.56. The van der Waals surface area contributed by atoms with Crippen LogP contribution in [0.15, 0.2) is 24.3 Å². The summed E-state index contributed by atoms with van der Waals surface area (Å²) in [6, 6.07) is 8.31. The average molecular weight is 279 g/mol. The molecule has 0 aliphatic carbocycles. The van der Waals surface area contributed by atoms with Gasteiger partial charge in [0.25, 0.3) is 0 Å². The van der Waals surface area contributed by atoms with Crippen molar-refractivity contribution < 1.29 is 9.47 Å². The van der Waals surface area contributed by atoms with Gasteiger partial charge in [-0.1, -0.05) is 39.0 Å². The highest BCUT2D eigenvalue weighted by Crippen LogP contribution is 2.28. The molecule has 1 N–H and O–H groups in total. The van der Waals surface area contributed by atoms with Crippen LogP contribution in [0.2, 0.25) is 0 Å². The molecule has 1 atom stereocenters. The van der Waals surface area contributed by atoms with Gasteiger partial charge in [0.15, 0.2) is 0 Å². The Morgan fingerprint density at radius 2 is 1.85 bits per heavy atom. The summed E-state index contributed by atoms with van der Waals surface area (Å²) in [4.78, 5) is 0. The molecule has 0 bridgehead atoms. The van der Waals surface area contributed by atoms with Crippen LogP contribution >= 0.6 is 0 Å². The van der Waals surface area contributed by atoms with E-state index in [0.717, 1.165) is 25.3 Å². The van der Waals surface area contributed by atoms with E-state index >= 15 is 0 Å². The van der Waals surface area contributed by atoms with E-state index in [2.05, 4.69) is 38.2 Å². The number of methoxy groups -OCH3 is 1. The maximum absolute atomic E-state index is 5.80. The molecule has 1 aromatic carbocycles. The number of rotatable bonds is 10. The van der Waals surface area contributed by atoms with Crippen molar-refractivity contribution in [3.8, 4) is 5.75 Å². The molecular weight excluding hydrogens is 250 g/mol. The second kappa shape index (κ2) is 9.78. The molecule has 0 aromatic heterocycles. The zero-order chi connectivity index (χ0) is 14.8. The minimum Gasteiger partial charge on any atom is -0.491 e. The molecule has 114 valence electrons. The molecule has 1 rings (SSSR count). The molecule has 0 fully saturated rings. The first-order valence-electron chi connectivity index (χ1n) is 7.56. The minimum atomic E-state index is 0.494. The summed E-state index contributed by atoms with van der Waals surface area (Å²) in [5, 5.41) is 3.50. The van der Waals surface area contributed by atoms with E-state index in [-0.39, 0.29) is 0 Å². The largest absolute Gasteiger partial charge is 0.491 e. The standard InChI is InChI=1S/C17H29NO2/c1-14(2)13-18-10-9-15(3)16-7-5-6-8-17(16)20-12-11-19-4/h5-8,14-15,18H,9-13H2,1-4H3. The number of nitrogens with one attached hydrogen (secondary N) is 1. The van der Waals surface area contributed by atoms with Crippen molar-refractivity contribution in [1.29, 1.82) is 0 Å². The molecule has 0 aliphatic heterocycles. The second-order valence-corrected chi connectivity index (χ2v) is 5.67. The molecule has 0 aliphatic rings. The number of ether oxygens (including phenoxy) is 2. The van der Waals surface area contributed by atoms with E-state index < -0.39 is 0 Å². The van der Waals surface area contributed by atoms with Crippen LogP contribution in [0.3, 0.4) is 0 Å². The lowest BCUT2D eigenvalue weighted by molar-refractivity contribution is 0.145. The highest BCUT2D eigenvalue weighted by atomic mass is 16.5. The first kappa shape index (κ1) is 17.0. The molecule has 1 unspecified atom stereocenters. The van der Waals surface area contributed by atoms with E-state index in [4.69, 9.17) is 9.47 Å². The molecule has 0 radical (unpaired) electrons. The Kier molecular flexibility index (Phi) is 8.31. The second-order valence-electron chi connectivity index (χ2n) is 5.67. The van der Waals surface area contributed by atoms with Gasteiger partial charge in [-0.3, -0.25) is 0 Å². The Bertz CT molecular complexity index is 366.